The Kier molecular flexibility index (Phi) is 9.15. The highest BCUT2D eigenvalue weighted by Gasteiger charge is 2.51. The van der Waals surface area contributed by atoms with Crippen LogP contribution in [-0.4, -0.2) is 118 Å². The van der Waals surface area contributed by atoms with Crippen molar-refractivity contribution in [2.45, 2.75) is 81.6 Å². The van der Waals surface area contributed by atoms with Crippen molar-refractivity contribution in [2.24, 2.45) is 0 Å². The van der Waals surface area contributed by atoms with Crippen LogP contribution in [0.5, 0.6) is 0 Å². The highest BCUT2D eigenvalue weighted by Crippen LogP contribution is 2.29. The Bertz CT molecular complexity index is 524. The van der Waals surface area contributed by atoms with Crippen molar-refractivity contribution < 1.29 is 54.4 Å². The van der Waals surface area contributed by atoms with Crippen molar-refractivity contribution in [2.75, 3.05) is 19.8 Å². The molecule has 0 bridgehead atoms. The summed E-state index contributed by atoms with van der Waals surface area (Å²) in [5, 5.41) is 62.5. The van der Waals surface area contributed by atoms with Crippen LogP contribution < -0.4 is 5.32 Å². The second kappa shape index (κ2) is 10.9. The lowest BCUT2D eigenvalue weighted by Crippen LogP contribution is -2.67. The molecular formula is C17H31NO11. The van der Waals surface area contributed by atoms with Crippen molar-refractivity contribution in [1.29, 1.82) is 0 Å². The maximum absolute atomic E-state index is 11.5. The Morgan fingerprint density at radius 1 is 0.966 bits per heavy atom. The maximum atomic E-state index is 11.5. The molecule has 0 aromatic rings. The van der Waals surface area contributed by atoms with Crippen LogP contribution in [0, 0.1) is 0 Å². The van der Waals surface area contributed by atoms with Gasteiger partial charge < -0.3 is 54.9 Å². The molecule has 2 rings (SSSR count). The predicted molar refractivity (Wildman–Crippen MR) is 94.2 cm³/mol. The second-order valence-corrected chi connectivity index (χ2v) is 7.11. The molecule has 2 saturated heterocycles. The van der Waals surface area contributed by atoms with Gasteiger partial charge in [0.15, 0.2) is 12.6 Å². The second-order valence-electron chi connectivity index (χ2n) is 7.11. The number of hydrogen-bond donors (Lipinski definition) is 7. The Balaban J connectivity index is 2.23. The lowest BCUT2D eigenvalue weighted by atomic mass is 9.95. The first-order chi connectivity index (χ1) is 13.7. The fourth-order valence-corrected chi connectivity index (χ4v) is 3.40. The van der Waals surface area contributed by atoms with Gasteiger partial charge in [0.2, 0.25) is 5.91 Å². The molecule has 10 atom stereocenters. The largest absolute Gasteiger partial charge is 0.394 e. The molecule has 2 aliphatic rings. The first kappa shape index (κ1) is 24.3. The van der Waals surface area contributed by atoms with Crippen molar-refractivity contribution in [1.82, 2.24) is 5.32 Å². The van der Waals surface area contributed by atoms with Gasteiger partial charge in [-0.3, -0.25) is 4.79 Å². The molecule has 0 aromatic carbocycles. The summed E-state index contributed by atoms with van der Waals surface area (Å²) in [5.41, 5.74) is 0. The fraction of sp³-hybridized carbons (Fsp3) is 0.941. The SMILES string of the molecule is CCCO[C@@H]1[C@@H](O)[C@@H](O[C@@H]2O[C@H](CO)[C@H](O)[C@H](O)[C@H]2NC(C)=O)[C@@H](CO)O[C@H]1O. The van der Waals surface area contributed by atoms with Gasteiger partial charge in [0.1, 0.15) is 48.8 Å². The van der Waals surface area contributed by atoms with Crippen LogP contribution in [0.2, 0.25) is 0 Å². The summed E-state index contributed by atoms with van der Waals surface area (Å²) in [6.45, 7) is 1.99. The summed E-state index contributed by atoms with van der Waals surface area (Å²) in [6, 6.07) is -1.24. The van der Waals surface area contributed by atoms with Gasteiger partial charge in [-0.1, -0.05) is 6.92 Å². The van der Waals surface area contributed by atoms with Crippen LogP contribution in [0.3, 0.4) is 0 Å². The van der Waals surface area contributed by atoms with Crippen LogP contribution in [-0.2, 0) is 23.7 Å². The van der Waals surface area contributed by atoms with E-state index >= 15 is 0 Å². The van der Waals surface area contributed by atoms with Gasteiger partial charge in [0.25, 0.3) is 0 Å². The van der Waals surface area contributed by atoms with Gasteiger partial charge in [0.05, 0.1) is 13.2 Å². The maximum Gasteiger partial charge on any atom is 0.217 e. The molecular weight excluding hydrogens is 394 g/mol. The van der Waals surface area contributed by atoms with Crippen molar-refractivity contribution in [3.8, 4) is 0 Å². The molecule has 12 heteroatoms. The molecule has 0 spiro atoms. The molecule has 0 aliphatic carbocycles. The number of carbonyl (C=O) groups excluding carboxylic acids is 1. The van der Waals surface area contributed by atoms with Gasteiger partial charge in [-0.25, -0.2) is 0 Å². The van der Waals surface area contributed by atoms with Crippen LogP contribution in [0.25, 0.3) is 0 Å². The van der Waals surface area contributed by atoms with E-state index in [1.165, 1.54) is 6.92 Å². The highest BCUT2D eigenvalue weighted by atomic mass is 16.7. The zero-order chi connectivity index (χ0) is 21.7. The summed E-state index contributed by atoms with van der Waals surface area (Å²) in [5.74, 6) is -0.542. The van der Waals surface area contributed by atoms with Crippen LogP contribution in [0.1, 0.15) is 20.3 Å². The average molecular weight is 425 g/mol. The molecule has 29 heavy (non-hydrogen) atoms. The summed E-state index contributed by atoms with van der Waals surface area (Å²) < 4.78 is 21.9. The summed E-state index contributed by atoms with van der Waals surface area (Å²) >= 11 is 0. The van der Waals surface area contributed by atoms with E-state index in [1.807, 2.05) is 6.92 Å². The summed E-state index contributed by atoms with van der Waals surface area (Å²) in [6.07, 6.45) is -11.6. The summed E-state index contributed by atoms with van der Waals surface area (Å²) in [7, 11) is 0. The number of amides is 1. The lowest BCUT2D eigenvalue weighted by Gasteiger charge is -2.47. The molecule has 12 nitrogen and oxygen atoms in total. The Morgan fingerprint density at radius 2 is 1.62 bits per heavy atom. The molecule has 2 fully saturated rings. The van der Waals surface area contributed by atoms with Gasteiger partial charge in [-0.2, -0.15) is 0 Å². The standard InChI is InChI=1S/C17H31NO11/c1-3-4-26-15-13(24)14(9(6-20)27-16(15)25)29-17-10(18-7(2)21)12(23)11(22)8(5-19)28-17/h8-17,19-20,22-25H,3-6H2,1-2H3,(H,18,21)/t8-,9-,10-,11+,12-,13+,14+,15-,16-,17+/m1/s1. The van der Waals surface area contributed by atoms with Gasteiger partial charge >= 0.3 is 0 Å². The molecule has 2 heterocycles. The van der Waals surface area contributed by atoms with Crippen LogP contribution >= 0.6 is 0 Å². The van der Waals surface area contributed by atoms with E-state index in [0.29, 0.717) is 6.42 Å². The highest BCUT2D eigenvalue weighted by molar-refractivity contribution is 5.73. The zero-order valence-electron chi connectivity index (χ0n) is 16.3. The van der Waals surface area contributed by atoms with Gasteiger partial charge in [0, 0.05) is 13.5 Å². The molecule has 2 aliphatic heterocycles. The first-order valence-electron chi connectivity index (χ1n) is 9.54. The zero-order valence-corrected chi connectivity index (χ0v) is 16.3. The number of carbonyl (C=O) groups is 1. The topological polar surface area (TPSA) is 187 Å². The molecule has 0 radical (unpaired) electrons. The van der Waals surface area contributed by atoms with Gasteiger partial charge in [-0.05, 0) is 6.42 Å². The third-order valence-corrected chi connectivity index (χ3v) is 4.87. The monoisotopic (exact) mass is 425 g/mol. The lowest BCUT2D eigenvalue weighted by molar-refractivity contribution is -0.345. The Morgan fingerprint density at radius 3 is 2.17 bits per heavy atom. The van der Waals surface area contributed by atoms with E-state index in [1.54, 1.807) is 0 Å². The summed E-state index contributed by atoms with van der Waals surface area (Å²) in [4.78, 5) is 11.5. The minimum atomic E-state index is -1.54. The van der Waals surface area contributed by atoms with Crippen LogP contribution in [0.4, 0.5) is 0 Å². The van der Waals surface area contributed by atoms with Crippen molar-refractivity contribution in [3.63, 3.8) is 0 Å². The number of rotatable bonds is 8. The fourth-order valence-electron chi connectivity index (χ4n) is 3.40. The Labute approximate surface area is 167 Å². The average Bonchev–Trinajstić information content (AvgIpc) is 2.68. The third-order valence-electron chi connectivity index (χ3n) is 4.87. The molecule has 7 N–H and O–H groups in total. The number of nitrogens with one attached hydrogen (secondary N) is 1. The quantitative estimate of drug-likeness (QED) is 0.202. The van der Waals surface area contributed by atoms with Gasteiger partial charge in [-0.15, -0.1) is 0 Å². The smallest absolute Gasteiger partial charge is 0.217 e. The molecule has 170 valence electrons. The minimum Gasteiger partial charge on any atom is -0.394 e. The third kappa shape index (κ3) is 5.61. The van der Waals surface area contributed by atoms with E-state index < -0.39 is 80.5 Å². The Hall–Kier alpha value is -0.930. The van der Waals surface area contributed by atoms with E-state index in [2.05, 4.69) is 5.32 Å². The van der Waals surface area contributed by atoms with Crippen LogP contribution in [0.15, 0.2) is 0 Å². The predicted octanol–water partition coefficient (Wildman–Crippen LogP) is -3.82. The first-order valence-corrected chi connectivity index (χ1v) is 9.54. The molecule has 0 aromatic heterocycles. The number of ether oxygens (including phenoxy) is 4. The minimum absolute atomic E-state index is 0.227. The van der Waals surface area contributed by atoms with E-state index in [4.69, 9.17) is 18.9 Å². The number of aliphatic hydroxyl groups excluding tert-OH is 6. The normalized spacial score (nSPS) is 43.2. The molecule has 1 amide bonds. The van der Waals surface area contributed by atoms with Crippen molar-refractivity contribution in [3.05, 3.63) is 0 Å². The van der Waals surface area contributed by atoms with Crippen molar-refractivity contribution >= 4 is 5.91 Å². The molecule has 0 unspecified atom stereocenters. The molecule has 0 saturated carbocycles. The number of aliphatic hydroxyl groups is 6. The number of hydrogen-bond acceptors (Lipinski definition) is 11. The van der Waals surface area contributed by atoms with E-state index in [0.717, 1.165) is 0 Å². The van der Waals surface area contributed by atoms with E-state index in [-0.39, 0.29) is 6.61 Å². The van der Waals surface area contributed by atoms with E-state index in [9.17, 15) is 35.4 Å².